The van der Waals surface area contributed by atoms with Crippen molar-refractivity contribution in [1.29, 1.82) is 0 Å². The van der Waals surface area contributed by atoms with E-state index in [-0.39, 0.29) is 5.82 Å². The fraction of sp³-hybridized carbons (Fsp3) is 0.571. The Morgan fingerprint density at radius 3 is 2.82 bits per heavy atom. The minimum Gasteiger partial charge on any atom is -0.397 e. The van der Waals surface area contributed by atoms with E-state index in [9.17, 15) is 4.39 Å². The summed E-state index contributed by atoms with van der Waals surface area (Å²) in [4.78, 5) is 0. The van der Waals surface area contributed by atoms with Crippen LogP contribution < -0.4 is 11.1 Å². The third-order valence-electron chi connectivity index (χ3n) is 4.45. The van der Waals surface area contributed by atoms with E-state index < -0.39 is 0 Å². The van der Waals surface area contributed by atoms with E-state index in [0.717, 1.165) is 30.0 Å². The highest BCUT2D eigenvalue weighted by atomic mass is 19.1. The van der Waals surface area contributed by atoms with Crippen LogP contribution in [0.15, 0.2) is 18.2 Å². The molecule has 3 heteroatoms. The minimum absolute atomic E-state index is 0.270. The Labute approximate surface area is 101 Å². The summed E-state index contributed by atoms with van der Waals surface area (Å²) in [6.45, 7) is 0.983. The van der Waals surface area contributed by atoms with Gasteiger partial charge in [0, 0.05) is 6.54 Å². The van der Waals surface area contributed by atoms with Gasteiger partial charge in [-0.05, 0) is 55.2 Å². The zero-order chi connectivity index (χ0) is 11.8. The fourth-order valence-corrected chi connectivity index (χ4v) is 3.56. The van der Waals surface area contributed by atoms with Crippen molar-refractivity contribution < 1.29 is 4.39 Å². The largest absolute Gasteiger partial charge is 0.397 e. The lowest BCUT2D eigenvalue weighted by Crippen LogP contribution is -2.20. The summed E-state index contributed by atoms with van der Waals surface area (Å²) in [6.07, 6.45) is 5.61. The second-order valence-electron chi connectivity index (χ2n) is 5.55. The summed E-state index contributed by atoms with van der Waals surface area (Å²) < 4.78 is 12.9. The lowest BCUT2D eigenvalue weighted by Gasteiger charge is -2.22. The van der Waals surface area contributed by atoms with Crippen molar-refractivity contribution in [3.63, 3.8) is 0 Å². The molecule has 0 aliphatic heterocycles. The quantitative estimate of drug-likeness (QED) is 0.788. The van der Waals surface area contributed by atoms with Crippen molar-refractivity contribution in [2.24, 2.45) is 17.8 Å². The molecule has 0 saturated heterocycles. The van der Waals surface area contributed by atoms with Gasteiger partial charge in [0.25, 0.3) is 0 Å². The number of nitrogens with one attached hydrogen (secondary N) is 1. The highest BCUT2D eigenvalue weighted by molar-refractivity contribution is 5.65. The number of halogens is 1. The van der Waals surface area contributed by atoms with E-state index >= 15 is 0 Å². The zero-order valence-corrected chi connectivity index (χ0v) is 9.95. The first kappa shape index (κ1) is 10.9. The van der Waals surface area contributed by atoms with Crippen LogP contribution in [0, 0.1) is 23.6 Å². The third-order valence-corrected chi connectivity index (χ3v) is 4.45. The van der Waals surface area contributed by atoms with Crippen LogP contribution in [0.2, 0.25) is 0 Å². The molecule has 3 atom stereocenters. The molecule has 2 fully saturated rings. The van der Waals surface area contributed by atoms with Gasteiger partial charge in [-0.25, -0.2) is 4.39 Å². The summed E-state index contributed by atoms with van der Waals surface area (Å²) in [5.41, 5.74) is 7.16. The molecule has 2 saturated carbocycles. The van der Waals surface area contributed by atoms with Crippen LogP contribution in [-0.4, -0.2) is 6.54 Å². The smallest absolute Gasteiger partial charge is 0.125 e. The van der Waals surface area contributed by atoms with Gasteiger partial charge in [-0.15, -0.1) is 0 Å². The van der Waals surface area contributed by atoms with Crippen LogP contribution >= 0.6 is 0 Å². The molecule has 2 bridgehead atoms. The molecule has 1 aromatic rings. The van der Waals surface area contributed by atoms with Crippen molar-refractivity contribution in [3.8, 4) is 0 Å². The molecule has 0 aromatic heterocycles. The number of fused-ring (bicyclic) bond motifs is 2. The SMILES string of the molecule is Nc1cc(F)ccc1NCC1CC2CCC1C2. The number of hydrogen-bond donors (Lipinski definition) is 2. The first-order chi connectivity index (χ1) is 8.22. The second kappa shape index (κ2) is 4.21. The van der Waals surface area contributed by atoms with E-state index in [1.54, 1.807) is 6.07 Å². The van der Waals surface area contributed by atoms with Crippen molar-refractivity contribution in [2.75, 3.05) is 17.6 Å². The van der Waals surface area contributed by atoms with Gasteiger partial charge in [-0.3, -0.25) is 0 Å². The summed E-state index contributed by atoms with van der Waals surface area (Å²) >= 11 is 0. The Hall–Kier alpha value is -1.25. The van der Waals surface area contributed by atoms with E-state index in [0.29, 0.717) is 5.69 Å². The molecule has 17 heavy (non-hydrogen) atoms. The number of benzene rings is 1. The summed E-state index contributed by atoms with van der Waals surface area (Å²) in [5.74, 6) is 2.40. The summed E-state index contributed by atoms with van der Waals surface area (Å²) in [7, 11) is 0. The number of rotatable bonds is 3. The summed E-state index contributed by atoms with van der Waals surface area (Å²) in [5, 5.41) is 3.38. The van der Waals surface area contributed by atoms with Gasteiger partial charge in [-0.1, -0.05) is 6.42 Å². The highest BCUT2D eigenvalue weighted by Crippen LogP contribution is 2.48. The first-order valence-corrected chi connectivity index (χ1v) is 6.51. The highest BCUT2D eigenvalue weighted by Gasteiger charge is 2.39. The average Bonchev–Trinajstić information content (AvgIpc) is 2.89. The molecule has 0 spiro atoms. The molecule has 2 aliphatic rings. The van der Waals surface area contributed by atoms with Crippen LogP contribution in [0.3, 0.4) is 0 Å². The van der Waals surface area contributed by atoms with Gasteiger partial charge in [0.1, 0.15) is 5.82 Å². The molecule has 0 amide bonds. The standard InChI is InChI=1S/C14H19FN2/c15-12-3-4-14(13(16)7-12)17-8-11-6-9-1-2-10(11)5-9/h3-4,7,9-11,17H,1-2,5-6,8,16H2. The molecule has 3 rings (SSSR count). The van der Waals surface area contributed by atoms with Gasteiger partial charge in [-0.2, -0.15) is 0 Å². The molecule has 1 aromatic carbocycles. The predicted octanol–water partition coefficient (Wildman–Crippen LogP) is 3.26. The van der Waals surface area contributed by atoms with Gasteiger partial charge in [0.2, 0.25) is 0 Å². The van der Waals surface area contributed by atoms with Gasteiger partial charge in [0.15, 0.2) is 0 Å². The van der Waals surface area contributed by atoms with Crippen LogP contribution in [0.1, 0.15) is 25.7 Å². The van der Waals surface area contributed by atoms with Crippen molar-refractivity contribution in [3.05, 3.63) is 24.0 Å². The van der Waals surface area contributed by atoms with E-state index in [2.05, 4.69) is 5.32 Å². The van der Waals surface area contributed by atoms with Crippen LogP contribution in [0.5, 0.6) is 0 Å². The Bertz CT molecular complexity index is 419. The monoisotopic (exact) mass is 234 g/mol. The Balaban J connectivity index is 1.60. The molecule has 3 N–H and O–H groups in total. The molecule has 2 nitrogen and oxygen atoms in total. The van der Waals surface area contributed by atoms with Gasteiger partial charge in [0.05, 0.1) is 11.4 Å². The minimum atomic E-state index is -0.270. The Morgan fingerprint density at radius 2 is 2.18 bits per heavy atom. The number of anilines is 2. The molecular formula is C14H19FN2. The lowest BCUT2D eigenvalue weighted by molar-refractivity contribution is 0.348. The van der Waals surface area contributed by atoms with Crippen LogP contribution in [0.4, 0.5) is 15.8 Å². The topological polar surface area (TPSA) is 38.0 Å². The molecular weight excluding hydrogens is 215 g/mol. The number of nitrogens with two attached hydrogens (primary N) is 1. The Morgan fingerprint density at radius 1 is 1.29 bits per heavy atom. The second-order valence-corrected chi connectivity index (χ2v) is 5.55. The van der Waals surface area contributed by atoms with Crippen molar-refractivity contribution in [2.45, 2.75) is 25.7 Å². The lowest BCUT2D eigenvalue weighted by atomic mass is 9.89. The molecule has 92 valence electrons. The zero-order valence-electron chi connectivity index (χ0n) is 9.95. The first-order valence-electron chi connectivity index (χ1n) is 6.51. The third kappa shape index (κ3) is 2.11. The van der Waals surface area contributed by atoms with E-state index in [1.165, 1.54) is 37.8 Å². The number of nitrogen functional groups attached to an aromatic ring is 1. The average molecular weight is 234 g/mol. The van der Waals surface area contributed by atoms with Crippen molar-refractivity contribution in [1.82, 2.24) is 0 Å². The van der Waals surface area contributed by atoms with E-state index in [1.807, 2.05) is 0 Å². The van der Waals surface area contributed by atoms with Crippen molar-refractivity contribution >= 4 is 11.4 Å². The van der Waals surface area contributed by atoms with Crippen LogP contribution in [0.25, 0.3) is 0 Å². The summed E-state index contributed by atoms with van der Waals surface area (Å²) in [6, 6.07) is 4.57. The maximum Gasteiger partial charge on any atom is 0.125 e. The van der Waals surface area contributed by atoms with E-state index in [4.69, 9.17) is 5.73 Å². The number of hydrogen-bond acceptors (Lipinski definition) is 2. The van der Waals surface area contributed by atoms with Gasteiger partial charge >= 0.3 is 0 Å². The predicted molar refractivity (Wildman–Crippen MR) is 68.2 cm³/mol. The normalized spacial score (nSPS) is 30.8. The maximum atomic E-state index is 12.9. The fourth-order valence-electron chi connectivity index (χ4n) is 3.56. The molecule has 0 radical (unpaired) electrons. The molecule has 0 heterocycles. The van der Waals surface area contributed by atoms with Crippen LogP contribution in [-0.2, 0) is 0 Å². The molecule has 3 unspecified atom stereocenters. The Kier molecular flexibility index (Phi) is 2.69. The maximum absolute atomic E-state index is 12.9. The molecule has 2 aliphatic carbocycles. The van der Waals surface area contributed by atoms with Gasteiger partial charge < -0.3 is 11.1 Å².